The number of rotatable bonds is 8. The number of alkyl halides is 3. The van der Waals surface area contributed by atoms with Gasteiger partial charge in [0.2, 0.25) is 0 Å². The second kappa shape index (κ2) is 8.83. The highest BCUT2D eigenvalue weighted by atomic mass is 19.4. The van der Waals surface area contributed by atoms with Crippen molar-refractivity contribution < 1.29 is 22.6 Å². The summed E-state index contributed by atoms with van der Waals surface area (Å²) in [6.07, 6.45) is -3.65. The zero-order chi connectivity index (χ0) is 18.1. The van der Waals surface area contributed by atoms with Crippen molar-refractivity contribution in [3.63, 3.8) is 0 Å². The predicted octanol–water partition coefficient (Wildman–Crippen LogP) is 4.38. The standard InChI is InChI=1S/C18H17F3N2O2/c19-18(20,21)13-25-17-4-1-3-15(11-17)23-9-2-10-24-16-7-5-14(12-22)6-8-16/h1,3-8,11,23H,2,9-10,13H2. The number of hydrogen-bond donors (Lipinski definition) is 1. The normalized spacial score (nSPS) is 10.8. The highest BCUT2D eigenvalue weighted by Crippen LogP contribution is 2.21. The summed E-state index contributed by atoms with van der Waals surface area (Å²) in [5.41, 5.74) is 1.25. The van der Waals surface area contributed by atoms with E-state index in [1.165, 1.54) is 12.1 Å². The predicted molar refractivity (Wildman–Crippen MR) is 87.8 cm³/mol. The van der Waals surface area contributed by atoms with Crippen LogP contribution in [0.1, 0.15) is 12.0 Å². The molecule has 0 saturated carbocycles. The van der Waals surface area contributed by atoms with Crippen LogP contribution in [0, 0.1) is 11.3 Å². The van der Waals surface area contributed by atoms with Crippen LogP contribution >= 0.6 is 0 Å². The molecule has 0 heterocycles. The minimum Gasteiger partial charge on any atom is -0.494 e. The minimum atomic E-state index is -4.35. The molecule has 0 saturated heterocycles. The van der Waals surface area contributed by atoms with E-state index in [2.05, 4.69) is 5.32 Å². The molecule has 0 amide bonds. The summed E-state index contributed by atoms with van der Waals surface area (Å²) in [6, 6.07) is 15.2. The monoisotopic (exact) mass is 350 g/mol. The van der Waals surface area contributed by atoms with E-state index in [9.17, 15) is 13.2 Å². The Balaban J connectivity index is 1.70. The summed E-state index contributed by atoms with van der Waals surface area (Å²) in [5, 5.41) is 11.8. The number of anilines is 1. The van der Waals surface area contributed by atoms with E-state index < -0.39 is 12.8 Å². The highest BCUT2D eigenvalue weighted by Gasteiger charge is 2.28. The molecule has 0 aliphatic heterocycles. The van der Waals surface area contributed by atoms with E-state index >= 15 is 0 Å². The molecular weight excluding hydrogens is 333 g/mol. The van der Waals surface area contributed by atoms with Crippen molar-refractivity contribution in [1.29, 1.82) is 5.26 Å². The Morgan fingerprint density at radius 3 is 2.44 bits per heavy atom. The Hall–Kier alpha value is -2.88. The zero-order valence-electron chi connectivity index (χ0n) is 13.3. The van der Waals surface area contributed by atoms with Crippen molar-refractivity contribution in [3.05, 3.63) is 54.1 Å². The summed E-state index contributed by atoms with van der Waals surface area (Å²) in [7, 11) is 0. The first-order valence-electron chi connectivity index (χ1n) is 7.63. The molecule has 0 unspecified atom stereocenters. The molecule has 0 atom stereocenters. The molecule has 2 aromatic rings. The fourth-order valence-electron chi connectivity index (χ4n) is 1.98. The van der Waals surface area contributed by atoms with E-state index in [1.807, 2.05) is 6.07 Å². The third-order valence-corrected chi connectivity index (χ3v) is 3.14. The molecule has 7 heteroatoms. The lowest BCUT2D eigenvalue weighted by molar-refractivity contribution is -0.153. The zero-order valence-corrected chi connectivity index (χ0v) is 13.3. The van der Waals surface area contributed by atoms with Gasteiger partial charge in [-0.2, -0.15) is 18.4 Å². The van der Waals surface area contributed by atoms with Gasteiger partial charge >= 0.3 is 6.18 Å². The molecule has 1 N–H and O–H groups in total. The van der Waals surface area contributed by atoms with Crippen molar-refractivity contribution in [2.24, 2.45) is 0 Å². The summed E-state index contributed by atoms with van der Waals surface area (Å²) in [4.78, 5) is 0. The lowest BCUT2D eigenvalue weighted by Gasteiger charge is -2.11. The van der Waals surface area contributed by atoms with Crippen LogP contribution in [0.5, 0.6) is 11.5 Å². The lowest BCUT2D eigenvalue weighted by Crippen LogP contribution is -2.19. The molecule has 2 aromatic carbocycles. The summed E-state index contributed by atoms with van der Waals surface area (Å²) in [5.74, 6) is 0.845. The number of benzene rings is 2. The number of nitriles is 1. The molecule has 0 radical (unpaired) electrons. The molecule has 0 spiro atoms. The molecular formula is C18H17F3N2O2. The van der Waals surface area contributed by atoms with Crippen LogP contribution in [0.3, 0.4) is 0 Å². The van der Waals surface area contributed by atoms with Crippen molar-refractivity contribution in [2.45, 2.75) is 12.6 Å². The van der Waals surface area contributed by atoms with Crippen LogP contribution in [0.4, 0.5) is 18.9 Å². The Morgan fingerprint density at radius 2 is 1.76 bits per heavy atom. The van der Waals surface area contributed by atoms with Gasteiger partial charge in [-0.15, -0.1) is 0 Å². The van der Waals surface area contributed by atoms with Crippen LogP contribution in [-0.2, 0) is 0 Å². The third kappa shape index (κ3) is 7.04. The molecule has 0 aliphatic rings. The molecule has 0 aromatic heterocycles. The number of nitrogens with zero attached hydrogens (tertiary/aromatic N) is 1. The molecule has 0 aliphatic carbocycles. The van der Waals surface area contributed by atoms with Gasteiger partial charge in [-0.05, 0) is 42.8 Å². The first-order chi connectivity index (χ1) is 12.0. The van der Waals surface area contributed by atoms with Crippen LogP contribution in [0.15, 0.2) is 48.5 Å². The van der Waals surface area contributed by atoms with Crippen molar-refractivity contribution in [3.8, 4) is 17.6 Å². The molecule has 2 rings (SSSR count). The highest BCUT2D eigenvalue weighted by molar-refractivity contribution is 5.48. The second-order valence-corrected chi connectivity index (χ2v) is 5.20. The Morgan fingerprint density at radius 1 is 1.00 bits per heavy atom. The largest absolute Gasteiger partial charge is 0.494 e. The third-order valence-electron chi connectivity index (χ3n) is 3.14. The van der Waals surface area contributed by atoms with Crippen molar-refractivity contribution in [1.82, 2.24) is 0 Å². The van der Waals surface area contributed by atoms with E-state index in [4.69, 9.17) is 14.7 Å². The average Bonchev–Trinajstić information content (AvgIpc) is 2.60. The van der Waals surface area contributed by atoms with Gasteiger partial charge in [0.25, 0.3) is 0 Å². The van der Waals surface area contributed by atoms with Crippen molar-refractivity contribution in [2.75, 3.05) is 25.1 Å². The van der Waals surface area contributed by atoms with Crippen LogP contribution in [-0.4, -0.2) is 25.9 Å². The van der Waals surface area contributed by atoms with Gasteiger partial charge in [0, 0.05) is 18.3 Å². The Bertz CT molecular complexity index is 709. The Kier molecular flexibility index (Phi) is 6.52. The molecule has 0 bridgehead atoms. The smallest absolute Gasteiger partial charge is 0.422 e. The van der Waals surface area contributed by atoms with E-state index in [0.717, 1.165) is 0 Å². The summed E-state index contributed by atoms with van der Waals surface area (Å²) >= 11 is 0. The first kappa shape index (κ1) is 18.5. The second-order valence-electron chi connectivity index (χ2n) is 5.20. The van der Waals surface area contributed by atoms with E-state index in [1.54, 1.807) is 36.4 Å². The van der Waals surface area contributed by atoms with Crippen LogP contribution < -0.4 is 14.8 Å². The van der Waals surface area contributed by atoms with Gasteiger partial charge in [-0.3, -0.25) is 0 Å². The quantitative estimate of drug-likeness (QED) is 0.718. The molecule has 132 valence electrons. The van der Waals surface area contributed by atoms with Crippen LogP contribution in [0.2, 0.25) is 0 Å². The van der Waals surface area contributed by atoms with Gasteiger partial charge in [0.05, 0.1) is 18.2 Å². The fraction of sp³-hybridized carbons (Fsp3) is 0.278. The maximum Gasteiger partial charge on any atom is 0.422 e. The van der Waals surface area contributed by atoms with E-state index in [-0.39, 0.29) is 5.75 Å². The van der Waals surface area contributed by atoms with E-state index in [0.29, 0.717) is 36.6 Å². The number of hydrogen-bond acceptors (Lipinski definition) is 4. The maximum absolute atomic E-state index is 12.1. The molecule has 25 heavy (non-hydrogen) atoms. The minimum absolute atomic E-state index is 0.163. The van der Waals surface area contributed by atoms with Gasteiger partial charge < -0.3 is 14.8 Å². The number of ether oxygens (including phenoxy) is 2. The summed E-state index contributed by atoms with van der Waals surface area (Å²) < 4.78 is 46.7. The van der Waals surface area contributed by atoms with Crippen LogP contribution in [0.25, 0.3) is 0 Å². The Labute approximate surface area is 143 Å². The van der Waals surface area contributed by atoms with Gasteiger partial charge in [0.15, 0.2) is 6.61 Å². The van der Waals surface area contributed by atoms with Gasteiger partial charge in [-0.1, -0.05) is 6.07 Å². The SMILES string of the molecule is N#Cc1ccc(OCCCNc2cccc(OCC(F)(F)F)c2)cc1. The fourth-order valence-corrected chi connectivity index (χ4v) is 1.98. The van der Waals surface area contributed by atoms with Crippen molar-refractivity contribution >= 4 is 5.69 Å². The first-order valence-corrected chi connectivity index (χ1v) is 7.63. The topological polar surface area (TPSA) is 54.3 Å². The summed E-state index contributed by atoms with van der Waals surface area (Å²) in [6.45, 7) is -0.239. The van der Waals surface area contributed by atoms with Gasteiger partial charge in [-0.25, -0.2) is 0 Å². The molecule has 0 fully saturated rings. The number of nitrogens with one attached hydrogen (secondary N) is 1. The maximum atomic E-state index is 12.1. The molecule has 4 nitrogen and oxygen atoms in total. The number of halogens is 3. The lowest BCUT2D eigenvalue weighted by atomic mass is 10.2. The average molecular weight is 350 g/mol. The van der Waals surface area contributed by atoms with Gasteiger partial charge in [0.1, 0.15) is 11.5 Å².